The molecule has 6 rings (SSSR count). The van der Waals surface area contributed by atoms with E-state index >= 15 is 0 Å². The molecule has 2 aliphatic rings. The predicted octanol–water partition coefficient (Wildman–Crippen LogP) is 6.53. The van der Waals surface area contributed by atoms with Crippen LogP contribution in [-0.4, -0.2) is 65.7 Å². The number of halogens is 3. The van der Waals surface area contributed by atoms with Crippen LogP contribution in [0.1, 0.15) is 48.8 Å². The molecule has 0 unspecified atom stereocenters. The van der Waals surface area contributed by atoms with Gasteiger partial charge in [0.1, 0.15) is 0 Å². The van der Waals surface area contributed by atoms with Crippen molar-refractivity contribution in [3.63, 3.8) is 0 Å². The van der Waals surface area contributed by atoms with E-state index in [0.29, 0.717) is 58.2 Å². The lowest BCUT2D eigenvalue weighted by molar-refractivity contribution is -0.137. The van der Waals surface area contributed by atoms with E-state index in [1.807, 2.05) is 37.9 Å². The molecule has 2 aliphatic heterocycles. The fourth-order valence-electron chi connectivity index (χ4n) is 5.85. The van der Waals surface area contributed by atoms with Gasteiger partial charge in [-0.2, -0.15) is 13.2 Å². The van der Waals surface area contributed by atoms with Crippen LogP contribution >= 0.6 is 0 Å². The van der Waals surface area contributed by atoms with Gasteiger partial charge in [0, 0.05) is 65.8 Å². The number of hydrogen-bond donors (Lipinski definition) is 4. The van der Waals surface area contributed by atoms with Crippen LogP contribution in [0.25, 0.3) is 11.6 Å². The number of amides is 3. The van der Waals surface area contributed by atoms with Crippen LogP contribution in [0.3, 0.4) is 0 Å². The van der Waals surface area contributed by atoms with Gasteiger partial charge in [-0.05, 0) is 81.1 Å². The summed E-state index contributed by atoms with van der Waals surface area (Å²) >= 11 is 0. The van der Waals surface area contributed by atoms with Crippen LogP contribution in [0.4, 0.5) is 35.9 Å². The number of anilines is 4. The summed E-state index contributed by atoms with van der Waals surface area (Å²) in [6.45, 7) is 6.73. The third kappa shape index (κ3) is 6.63. The molecule has 3 amide bonds. The maximum Gasteiger partial charge on any atom is 0.416 e. The number of rotatable bonds is 6. The van der Waals surface area contributed by atoms with Crippen molar-refractivity contribution in [3.8, 4) is 0 Å². The first kappa shape index (κ1) is 31.6. The molecule has 0 radical (unpaired) electrons. The smallest absolute Gasteiger partial charge is 0.358 e. The molecule has 9 nitrogen and oxygen atoms in total. The number of hydrogen-bond acceptors (Lipinski definition) is 5. The van der Waals surface area contributed by atoms with Crippen LogP contribution in [0.2, 0.25) is 0 Å². The summed E-state index contributed by atoms with van der Waals surface area (Å²) in [4.78, 5) is 46.4. The lowest BCUT2D eigenvalue weighted by atomic mass is 10.0. The summed E-state index contributed by atoms with van der Waals surface area (Å²) in [5, 5.41) is 8.78. The van der Waals surface area contributed by atoms with Crippen LogP contribution in [-0.2, 0) is 11.0 Å². The number of carbonyl (C=O) groups is 3. The zero-order valence-electron chi connectivity index (χ0n) is 26.0. The van der Waals surface area contributed by atoms with Gasteiger partial charge >= 0.3 is 6.18 Å². The Morgan fingerprint density at radius 1 is 0.894 bits per heavy atom. The van der Waals surface area contributed by atoms with Crippen molar-refractivity contribution in [1.29, 1.82) is 0 Å². The van der Waals surface area contributed by atoms with E-state index in [1.54, 1.807) is 36.4 Å². The maximum absolute atomic E-state index is 13.4. The number of carbonyl (C=O) groups excluding carboxylic acids is 3. The summed E-state index contributed by atoms with van der Waals surface area (Å²) in [6, 6.07) is 16.4. The topological polar surface area (TPSA) is 110 Å². The molecule has 4 N–H and O–H groups in total. The molecule has 0 atom stereocenters. The molecular weight excluding hydrogens is 609 g/mol. The highest BCUT2D eigenvalue weighted by molar-refractivity contribution is 6.35. The van der Waals surface area contributed by atoms with Gasteiger partial charge in [-0.25, -0.2) is 0 Å². The molecule has 1 saturated heterocycles. The van der Waals surface area contributed by atoms with Gasteiger partial charge in [0.2, 0.25) is 0 Å². The van der Waals surface area contributed by atoms with Crippen molar-refractivity contribution < 1.29 is 27.6 Å². The number of likely N-dealkylation sites (N-methyl/N-ethyl adjacent to an activating group) is 1. The number of nitrogens with one attached hydrogen (secondary N) is 4. The van der Waals surface area contributed by atoms with E-state index in [1.165, 1.54) is 12.1 Å². The van der Waals surface area contributed by atoms with E-state index < -0.39 is 17.6 Å². The number of aryl methyl sites for hydroxylation is 1. The minimum atomic E-state index is -4.56. The first-order valence-electron chi connectivity index (χ1n) is 15.1. The van der Waals surface area contributed by atoms with Crippen LogP contribution in [0.5, 0.6) is 0 Å². The fraction of sp³-hybridized carbons (Fsp3) is 0.229. The highest BCUT2D eigenvalue weighted by atomic mass is 19.4. The largest absolute Gasteiger partial charge is 0.416 e. The molecule has 0 bridgehead atoms. The molecule has 4 aromatic rings. The Morgan fingerprint density at radius 3 is 2.34 bits per heavy atom. The Balaban J connectivity index is 1.17. The number of piperazine rings is 1. The minimum Gasteiger partial charge on any atom is -0.358 e. The summed E-state index contributed by atoms with van der Waals surface area (Å²) in [5.41, 5.74) is 5.31. The molecule has 1 fully saturated rings. The molecule has 47 heavy (non-hydrogen) atoms. The number of aromatic amines is 1. The second-order valence-corrected chi connectivity index (χ2v) is 11.8. The van der Waals surface area contributed by atoms with Crippen molar-refractivity contribution in [1.82, 2.24) is 14.8 Å². The Kier molecular flexibility index (Phi) is 8.37. The zero-order chi connectivity index (χ0) is 33.5. The highest BCUT2D eigenvalue weighted by Gasteiger charge is 2.31. The van der Waals surface area contributed by atoms with Gasteiger partial charge in [0.25, 0.3) is 17.7 Å². The summed E-state index contributed by atoms with van der Waals surface area (Å²) in [5.74, 6) is -0.952. The van der Waals surface area contributed by atoms with Crippen LogP contribution in [0, 0.1) is 13.8 Å². The van der Waals surface area contributed by atoms with E-state index in [0.717, 1.165) is 36.5 Å². The van der Waals surface area contributed by atoms with Crippen molar-refractivity contribution in [2.24, 2.45) is 0 Å². The van der Waals surface area contributed by atoms with Gasteiger partial charge < -0.3 is 30.7 Å². The van der Waals surface area contributed by atoms with Crippen molar-refractivity contribution >= 4 is 52.1 Å². The van der Waals surface area contributed by atoms with Crippen LogP contribution < -0.4 is 16.0 Å². The molecule has 0 spiro atoms. The third-order valence-corrected chi connectivity index (χ3v) is 8.43. The molecule has 3 heterocycles. The standard InChI is InChI=1S/C35H33F3N6O3/c1-20-29(39-21(2)31(20)34(47)44-14-12-43(3)13-15-44)19-28-27-11-10-26(18-30(27)42-33(28)46)40-24-8-5-9-25(17-24)41-32(45)22-6-4-7-23(16-22)35(36,37)38/h4-11,16-19,39-40H,12-15H2,1-3H3,(H,41,45)(H,42,46)/b28-19-. The van der Waals surface area contributed by atoms with Crippen molar-refractivity contribution in [2.45, 2.75) is 20.0 Å². The van der Waals surface area contributed by atoms with Gasteiger partial charge in [0.15, 0.2) is 0 Å². The van der Waals surface area contributed by atoms with Gasteiger partial charge in [-0.15, -0.1) is 0 Å². The van der Waals surface area contributed by atoms with E-state index in [4.69, 9.17) is 0 Å². The van der Waals surface area contributed by atoms with E-state index in [2.05, 4.69) is 25.8 Å². The lowest BCUT2D eigenvalue weighted by Gasteiger charge is -2.32. The normalized spacial score (nSPS) is 15.8. The second-order valence-electron chi connectivity index (χ2n) is 11.8. The van der Waals surface area contributed by atoms with Gasteiger partial charge in [-0.1, -0.05) is 18.2 Å². The SMILES string of the molecule is Cc1[nH]c(/C=C2\C(=O)Nc3cc(Nc4cccc(NC(=O)c5cccc(C(F)(F)F)c5)c4)ccc32)c(C)c1C(=O)N1CCN(C)CC1. The fourth-order valence-corrected chi connectivity index (χ4v) is 5.85. The molecule has 12 heteroatoms. The predicted molar refractivity (Wildman–Crippen MR) is 176 cm³/mol. The lowest BCUT2D eigenvalue weighted by Crippen LogP contribution is -2.47. The van der Waals surface area contributed by atoms with E-state index in [9.17, 15) is 27.6 Å². The summed E-state index contributed by atoms with van der Waals surface area (Å²) < 4.78 is 39.3. The quantitative estimate of drug-likeness (QED) is 0.179. The molecule has 0 aliphatic carbocycles. The molecule has 0 saturated carbocycles. The number of H-pyrrole nitrogens is 1. The Bertz CT molecular complexity index is 1920. The highest BCUT2D eigenvalue weighted by Crippen LogP contribution is 2.37. The minimum absolute atomic E-state index is 0.0136. The van der Waals surface area contributed by atoms with Gasteiger partial charge in [0.05, 0.1) is 22.4 Å². The average Bonchev–Trinajstić information content (AvgIpc) is 3.49. The first-order valence-corrected chi connectivity index (χ1v) is 15.1. The van der Waals surface area contributed by atoms with Crippen molar-refractivity contribution in [3.05, 3.63) is 106 Å². The number of nitrogens with zero attached hydrogens (tertiary/aromatic N) is 2. The number of alkyl halides is 3. The van der Waals surface area contributed by atoms with Crippen molar-refractivity contribution in [2.75, 3.05) is 49.2 Å². The molecular formula is C35H33F3N6O3. The molecule has 1 aromatic heterocycles. The third-order valence-electron chi connectivity index (χ3n) is 8.43. The second kappa shape index (κ2) is 12.4. The van der Waals surface area contributed by atoms with E-state index in [-0.39, 0.29) is 17.4 Å². The number of fused-ring (bicyclic) bond motifs is 1. The summed E-state index contributed by atoms with van der Waals surface area (Å²) in [7, 11) is 2.04. The average molecular weight is 643 g/mol. The zero-order valence-corrected chi connectivity index (χ0v) is 26.0. The number of benzene rings is 3. The first-order chi connectivity index (χ1) is 22.4. The Hall–Kier alpha value is -5.36. The van der Waals surface area contributed by atoms with Gasteiger partial charge in [-0.3, -0.25) is 14.4 Å². The number of aromatic nitrogens is 1. The molecule has 3 aromatic carbocycles. The maximum atomic E-state index is 13.4. The summed E-state index contributed by atoms with van der Waals surface area (Å²) in [6.07, 6.45) is -2.78. The monoisotopic (exact) mass is 642 g/mol. The molecule has 242 valence electrons. The van der Waals surface area contributed by atoms with Crippen LogP contribution in [0.15, 0.2) is 66.7 Å². The Morgan fingerprint density at radius 2 is 1.60 bits per heavy atom. The Labute approximate surface area is 269 Å².